The highest BCUT2D eigenvalue weighted by Crippen LogP contribution is 2.12. The van der Waals surface area contributed by atoms with Crippen LogP contribution in [0.2, 0.25) is 0 Å². The lowest BCUT2D eigenvalue weighted by atomic mass is 10.1. The zero-order valence-corrected chi connectivity index (χ0v) is 11.1. The predicted molar refractivity (Wildman–Crippen MR) is 69.5 cm³/mol. The summed E-state index contributed by atoms with van der Waals surface area (Å²) in [6, 6.07) is 5.32. The average Bonchev–Trinajstić information content (AvgIpc) is 2.29. The molecule has 3 N–H and O–H groups in total. The molecule has 0 bridgehead atoms. The number of halogens is 3. The maximum Gasteiger partial charge on any atom is 0.277 e. The topological polar surface area (TPSA) is 55.1 Å². The first kappa shape index (κ1) is 16.8. The summed E-state index contributed by atoms with van der Waals surface area (Å²) in [5, 5.41) is 2.19. The van der Waals surface area contributed by atoms with Gasteiger partial charge in [0, 0.05) is 5.56 Å². The Kier molecular flexibility index (Phi) is 6.21. The number of nitrogens with one attached hydrogen (secondary N) is 1. The maximum atomic E-state index is 12.9. The van der Waals surface area contributed by atoms with Crippen molar-refractivity contribution in [2.45, 2.75) is 19.8 Å². The SMILES string of the molecule is Cc1ccc(C)c(C(=O)NCC(F)(F)CN)c1.Cl. The first-order chi connectivity index (χ1) is 7.85. The number of benzene rings is 1. The van der Waals surface area contributed by atoms with Crippen molar-refractivity contribution in [1.29, 1.82) is 0 Å². The van der Waals surface area contributed by atoms with E-state index >= 15 is 0 Å². The summed E-state index contributed by atoms with van der Waals surface area (Å²) in [6.45, 7) is 2.08. The number of hydrogen-bond donors (Lipinski definition) is 2. The summed E-state index contributed by atoms with van der Waals surface area (Å²) >= 11 is 0. The molecule has 1 amide bonds. The summed E-state index contributed by atoms with van der Waals surface area (Å²) in [5.74, 6) is -3.56. The number of carbonyl (C=O) groups excluding carboxylic acids is 1. The highest BCUT2D eigenvalue weighted by atomic mass is 35.5. The molecule has 0 radical (unpaired) electrons. The monoisotopic (exact) mass is 278 g/mol. The Morgan fingerprint density at radius 3 is 2.56 bits per heavy atom. The molecule has 0 saturated carbocycles. The molecule has 0 spiro atoms. The van der Waals surface area contributed by atoms with Crippen LogP contribution in [0.5, 0.6) is 0 Å². The van der Waals surface area contributed by atoms with Crippen molar-refractivity contribution < 1.29 is 13.6 Å². The average molecular weight is 279 g/mol. The van der Waals surface area contributed by atoms with Gasteiger partial charge in [-0.3, -0.25) is 4.79 Å². The minimum Gasteiger partial charge on any atom is -0.346 e. The van der Waals surface area contributed by atoms with Crippen molar-refractivity contribution in [3.8, 4) is 0 Å². The van der Waals surface area contributed by atoms with E-state index in [-0.39, 0.29) is 12.4 Å². The fraction of sp³-hybridized carbons (Fsp3) is 0.417. The second-order valence-electron chi connectivity index (χ2n) is 4.06. The first-order valence-corrected chi connectivity index (χ1v) is 5.29. The van der Waals surface area contributed by atoms with Crippen LogP contribution in [0.3, 0.4) is 0 Å². The second-order valence-corrected chi connectivity index (χ2v) is 4.06. The van der Waals surface area contributed by atoms with Crippen molar-refractivity contribution in [3.63, 3.8) is 0 Å². The van der Waals surface area contributed by atoms with Gasteiger partial charge in [-0.15, -0.1) is 12.4 Å². The van der Waals surface area contributed by atoms with Crippen LogP contribution in [0.4, 0.5) is 8.78 Å². The molecule has 0 saturated heterocycles. The van der Waals surface area contributed by atoms with Gasteiger partial charge in [0.05, 0.1) is 13.1 Å². The minimum atomic E-state index is -3.06. The lowest BCUT2D eigenvalue weighted by molar-refractivity contribution is 0.0118. The summed E-state index contributed by atoms with van der Waals surface area (Å²) in [6.07, 6.45) is 0. The van der Waals surface area contributed by atoms with E-state index in [4.69, 9.17) is 5.73 Å². The molecule has 0 unspecified atom stereocenters. The predicted octanol–water partition coefficient (Wildman–Crippen LogP) is 2.05. The van der Waals surface area contributed by atoms with Gasteiger partial charge in [0.1, 0.15) is 0 Å². The number of alkyl halides is 2. The van der Waals surface area contributed by atoms with Gasteiger partial charge in [-0.25, -0.2) is 8.78 Å². The molecule has 0 fully saturated rings. The number of amides is 1. The van der Waals surface area contributed by atoms with Crippen LogP contribution in [-0.2, 0) is 0 Å². The van der Waals surface area contributed by atoms with E-state index in [0.29, 0.717) is 5.56 Å². The Morgan fingerprint density at radius 2 is 2.00 bits per heavy atom. The summed E-state index contributed by atoms with van der Waals surface area (Å²) < 4.78 is 25.7. The second kappa shape index (κ2) is 6.66. The molecule has 6 heteroatoms. The zero-order valence-electron chi connectivity index (χ0n) is 10.3. The number of carbonyl (C=O) groups is 1. The molecule has 0 heterocycles. The van der Waals surface area contributed by atoms with Gasteiger partial charge in [-0.1, -0.05) is 17.7 Å². The smallest absolute Gasteiger partial charge is 0.277 e. The van der Waals surface area contributed by atoms with Crippen molar-refractivity contribution in [2.75, 3.05) is 13.1 Å². The normalized spacial score (nSPS) is 10.7. The van der Waals surface area contributed by atoms with Crippen molar-refractivity contribution in [1.82, 2.24) is 5.32 Å². The molecule has 0 aliphatic rings. The zero-order chi connectivity index (χ0) is 13.1. The molecule has 0 aromatic heterocycles. The minimum absolute atomic E-state index is 0. The summed E-state index contributed by atoms with van der Waals surface area (Å²) in [4.78, 5) is 11.7. The number of rotatable bonds is 4. The lowest BCUT2D eigenvalue weighted by Gasteiger charge is -2.15. The van der Waals surface area contributed by atoms with Crippen LogP contribution < -0.4 is 11.1 Å². The number of nitrogens with two attached hydrogens (primary N) is 1. The molecular formula is C12H17ClF2N2O. The van der Waals surface area contributed by atoms with Crippen LogP contribution in [0, 0.1) is 13.8 Å². The van der Waals surface area contributed by atoms with Gasteiger partial charge < -0.3 is 11.1 Å². The van der Waals surface area contributed by atoms with Crippen LogP contribution in [0.15, 0.2) is 18.2 Å². The molecule has 0 atom stereocenters. The number of aryl methyl sites for hydroxylation is 2. The van der Waals surface area contributed by atoms with Crippen LogP contribution in [0.1, 0.15) is 21.5 Å². The van der Waals surface area contributed by atoms with E-state index in [2.05, 4.69) is 5.32 Å². The molecular weight excluding hydrogens is 262 g/mol. The Bertz CT molecular complexity index is 425. The first-order valence-electron chi connectivity index (χ1n) is 5.29. The van der Waals surface area contributed by atoms with Crippen LogP contribution >= 0.6 is 12.4 Å². The van der Waals surface area contributed by atoms with E-state index in [1.165, 1.54) is 0 Å². The van der Waals surface area contributed by atoms with E-state index in [1.54, 1.807) is 19.1 Å². The molecule has 102 valence electrons. The Morgan fingerprint density at radius 1 is 1.39 bits per heavy atom. The molecule has 0 aliphatic heterocycles. The Hall–Kier alpha value is -1.20. The van der Waals surface area contributed by atoms with E-state index in [1.807, 2.05) is 13.0 Å². The van der Waals surface area contributed by atoms with Crippen LogP contribution in [0.25, 0.3) is 0 Å². The molecule has 18 heavy (non-hydrogen) atoms. The van der Waals surface area contributed by atoms with Gasteiger partial charge in [0.15, 0.2) is 0 Å². The lowest BCUT2D eigenvalue weighted by Crippen LogP contribution is -2.41. The third-order valence-electron chi connectivity index (χ3n) is 2.44. The van der Waals surface area contributed by atoms with Crippen molar-refractivity contribution in [3.05, 3.63) is 34.9 Å². The molecule has 1 rings (SSSR count). The van der Waals surface area contributed by atoms with E-state index in [9.17, 15) is 13.6 Å². The quantitative estimate of drug-likeness (QED) is 0.886. The Labute approximate surface area is 111 Å². The van der Waals surface area contributed by atoms with Crippen molar-refractivity contribution in [2.24, 2.45) is 5.73 Å². The standard InChI is InChI=1S/C12H16F2N2O.ClH/c1-8-3-4-9(2)10(5-8)11(17)16-7-12(13,14)6-15;/h3-5H,6-7,15H2,1-2H3,(H,16,17);1H. The van der Waals surface area contributed by atoms with Gasteiger partial charge >= 0.3 is 0 Å². The third kappa shape index (κ3) is 4.58. The fourth-order valence-corrected chi connectivity index (χ4v) is 1.36. The van der Waals surface area contributed by atoms with Gasteiger partial charge in [0.25, 0.3) is 11.8 Å². The number of hydrogen-bond acceptors (Lipinski definition) is 2. The molecule has 1 aromatic rings. The molecule has 1 aromatic carbocycles. The Balaban J connectivity index is 0.00000289. The van der Waals surface area contributed by atoms with Gasteiger partial charge in [-0.05, 0) is 25.5 Å². The fourth-order valence-electron chi connectivity index (χ4n) is 1.36. The summed E-state index contributed by atoms with van der Waals surface area (Å²) in [5.41, 5.74) is 6.96. The van der Waals surface area contributed by atoms with E-state index < -0.39 is 24.9 Å². The highest BCUT2D eigenvalue weighted by Gasteiger charge is 2.27. The van der Waals surface area contributed by atoms with Gasteiger partial charge in [-0.2, -0.15) is 0 Å². The summed E-state index contributed by atoms with van der Waals surface area (Å²) in [7, 11) is 0. The highest BCUT2D eigenvalue weighted by molar-refractivity contribution is 5.95. The van der Waals surface area contributed by atoms with Gasteiger partial charge in [0.2, 0.25) is 0 Å². The maximum absolute atomic E-state index is 12.9. The third-order valence-corrected chi connectivity index (χ3v) is 2.44. The van der Waals surface area contributed by atoms with Crippen LogP contribution in [-0.4, -0.2) is 24.9 Å². The van der Waals surface area contributed by atoms with E-state index in [0.717, 1.165) is 11.1 Å². The molecule has 0 aliphatic carbocycles. The molecule has 3 nitrogen and oxygen atoms in total. The van der Waals surface area contributed by atoms with Crippen molar-refractivity contribution >= 4 is 18.3 Å². The largest absolute Gasteiger partial charge is 0.346 e.